The van der Waals surface area contributed by atoms with E-state index in [4.69, 9.17) is 0 Å². The molecule has 28 heavy (non-hydrogen) atoms. The summed E-state index contributed by atoms with van der Waals surface area (Å²) in [6.45, 7) is 1.39. The van der Waals surface area contributed by atoms with Gasteiger partial charge in [-0.05, 0) is 20.3 Å². The number of aromatic nitrogens is 6. The number of nitrogens with zero attached hydrogens (tertiary/aromatic N) is 5. The Bertz CT molecular complexity index is 1020. The Kier molecular flexibility index (Phi) is 4.32. The topological polar surface area (TPSA) is 123 Å². The van der Waals surface area contributed by atoms with Crippen LogP contribution >= 0.6 is 0 Å². The zero-order chi connectivity index (χ0) is 19.9. The van der Waals surface area contributed by atoms with E-state index in [0.717, 1.165) is 0 Å². The van der Waals surface area contributed by atoms with Gasteiger partial charge in [-0.2, -0.15) is 19.0 Å². The molecule has 1 aliphatic heterocycles. The predicted molar refractivity (Wildman–Crippen MR) is 94.2 cm³/mol. The number of anilines is 2. The molecule has 0 aromatic carbocycles. The van der Waals surface area contributed by atoms with E-state index in [1.165, 1.54) is 12.3 Å². The van der Waals surface area contributed by atoms with E-state index in [0.29, 0.717) is 29.9 Å². The van der Waals surface area contributed by atoms with E-state index in [2.05, 4.69) is 40.6 Å². The predicted octanol–water partition coefficient (Wildman–Crippen LogP) is 1.81. The van der Waals surface area contributed by atoms with E-state index in [1.807, 2.05) is 13.8 Å². The number of carbonyl (C=O) groups is 1. The van der Waals surface area contributed by atoms with E-state index >= 15 is 0 Å². The van der Waals surface area contributed by atoms with Crippen molar-refractivity contribution in [3.63, 3.8) is 0 Å². The van der Waals surface area contributed by atoms with E-state index in [1.54, 1.807) is 10.9 Å². The Morgan fingerprint density at radius 2 is 2.21 bits per heavy atom. The Morgan fingerprint density at radius 1 is 1.39 bits per heavy atom. The summed E-state index contributed by atoms with van der Waals surface area (Å²) in [7, 11) is 0. The largest absolute Gasteiger partial charge is 0.417 e. The van der Waals surface area contributed by atoms with Gasteiger partial charge in [-0.3, -0.25) is 4.79 Å². The highest BCUT2D eigenvalue weighted by Crippen LogP contribution is 2.26. The third-order valence-electron chi connectivity index (χ3n) is 4.35. The van der Waals surface area contributed by atoms with Crippen LogP contribution in [0, 0.1) is 5.92 Å². The standard InChI is InChI=1S/C16H18F2N8O2/c1-16(2)4-8(14(27)23-16)7-26-13-9(5-20-26)19-6-11(22-13)21-10-3-12(25-24-10)28-15(17)18/h3,5-6,8,15H,4,7H2,1-2H3,(H,23,27)(H2,21,22,24,25)/t8-/m0/s1. The molecule has 1 fully saturated rings. The zero-order valence-corrected chi connectivity index (χ0v) is 15.1. The second-order valence-electron chi connectivity index (χ2n) is 7.19. The third-order valence-corrected chi connectivity index (χ3v) is 4.35. The SMILES string of the molecule is CC1(C)C[C@@H](Cn2ncc3ncc(Nc4cc(OC(F)F)[nH]n4)nc32)C(=O)N1. The van der Waals surface area contributed by atoms with Crippen molar-refractivity contribution >= 4 is 28.7 Å². The Balaban J connectivity index is 1.53. The fraction of sp³-hybridized carbons (Fsp3) is 0.438. The highest BCUT2D eigenvalue weighted by molar-refractivity contribution is 5.82. The molecule has 0 saturated carbocycles. The van der Waals surface area contributed by atoms with Gasteiger partial charge in [-0.1, -0.05) is 0 Å². The summed E-state index contributed by atoms with van der Waals surface area (Å²) in [6.07, 6.45) is 3.74. The maximum atomic E-state index is 12.2. The van der Waals surface area contributed by atoms with Gasteiger partial charge in [0.15, 0.2) is 17.3 Å². The number of halogens is 2. The number of amides is 1. The smallest absolute Gasteiger partial charge is 0.388 e. The summed E-state index contributed by atoms with van der Waals surface area (Å²) < 4.78 is 30.3. The lowest BCUT2D eigenvalue weighted by Gasteiger charge is -2.16. The van der Waals surface area contributed by atoms with E-state index in [9.17, 15) is 13.6 Å². The first-order valence-corrected chi connectivity index (χ1v) is 8.57. The summed E-state index contributed by atoms with van der Waals surface area (Å²) in [5, 5.41) is 16.3. The molecule has 3 N–H and O–H groups in total. The monoisotopic (exact) mass is 392 g/mol. The second-order valence-corrected chi connectivity index (χ2v) is 7.19. The van der Waals surface area contributed by atoms with Crippen LogP contribution in [0.25, 0.3) is 11.2 Å². The van der Waals surface area contributed by atoms with Crippen LogP contribution in [0.15, 0.2) is 18.5 Å². The molecule has 4 heterocycles. The van der Waals surface area contributed by atoms with Crippen molar-refractivity contribution in [2.75, 3.05) is 5.32 Å². The number of carbonyl (C=O) groups excluding carboxylic acids is 1. The van der Waals surface area contributed by atoms with Gasteiger partial charge >= 0.3 is 6.61 Å². The number of hydrogen-bond acceptors (Lipinski definition) is 7. The van der Waals surface area contributed by atoms with E-state index < -0.39 is 6.61 Å². The van der Waals surface area contributed by atoms with Crippen molar-refractivity contribution in [2.24, 2.45) is 5.92 Å². The number of aromatic amines is 1. The number of nitrogens with one attached hydrogen (secondary N) is 3. The van der Waals surface area contributed by atoms with Crippen molar-refractivity contribution in [1.29, 1.82) is 0 Å². The number of H-pyrrole nitrogens is 1. The zero-order valence-electron chi connectivity index (χ0n) is 15.1. The lowest BCUT2D eigenvalue weighted by Crippen LogP contribution is -2.34. The highest BCUT2D eigenvalue weighted by atomic mass is 19.3. The molecule has 0 spiro atoms. The van der Waals surface area contributed by atoms with Crippen molar-refractivity contribution in [2.45, 2.75) is 39.0 Å². The van der Waals surface area contributed by atoms with Crippen LogP contribution in [0.3, 0.4) is 0 Å². The lowest BCUT2D eigenvalue weighted by molar-refractivity contribution is -0.123. The van der Waals surface area contributed by atoms with Gasteiger partial charge in [0.1, 0.15) is 5.52 Å². The summed E-state index contributed by atoms with van der Waals surface area (Å²) in [5.41, 5.74) is 0.829. The number of fused-ring (bicyclic) bond motifs is 1. The molecule has 12 heteroatoms. The third kappa shape index (κ3) is 3.70. The van der Waals surface area contributed by atoms with Gasteiger partial charge in [-0.15, -0.1) is 0 Å². The molecule has 4 rings (SSSR count). The maximum Gasteiger partial charge on any atom is 0.388 e. The van der Waals surface area contributed by atoms with Crippen molar-refractivity contribution < 1.29 is 18.3 Å². The van der Waals surface area contributed by atoms with Crippen LogP contribution < -0.4 is 15.4 Å². The molecule has 1 saturated heterocycles. The van der Waals surface area contributed by atoms with Gasteiger partial charge < -0.3 is 15.4 Å². The first-order valence-electron chi connectivity index (χ1n) is 8.57. The van der Waals surface area contributed by atoms with Crippen molar-refractivity contribution in [3.05, 3.63) is 18.5 Å². The molecule has 0 bridgehead atoms. The first-order chi connectivity index (χ1) is 13.3. The molecule has 1 amide bonds. The molecule has 10 nitrogen and oxygen atoms in total. The number of rotatable bonds is 6. The van der Waals surface area contributed by atoms with Crippen LogP contribution in [0.5, 0.6) is 5.88 Å². The van der Waals surface area contributed by atoms with Gasteiger partial charge in [0, 0.05) is 11.6 Å². The molecule has 148 valence electrons. The van der Waals surface area contributed by atoms with Crippen molar-refractivity contribution in [3.8, 4) is 5.88 Å². The van der Waals surface area contributed by atoms with Gasteiger partial charge in [0.25, 0.3) is 0 Å². The lowest BCUT2D eigenvalue weighted by atomic mass is 9.97. The quantitative estimate of drug-likeness (QED) is 0.585. The molecular weight excluding hydrogens is 374 g/mol. The molecule has 3 aromatic heterocycles. The van der Waals surface area contributed by atoms with Crippen LogP contribution in [0.2, 0.25) is 0 Å². The molecule has 3 aromatic rings. The Morgan fingerprint density at radius 3 is 2.93 bits per heavy atom. The fourth-order valence-electron chi connectivity index (χ4n) is 3.25. The van der Waals surface area contributed by atoms with Crippen LogP contribution in [0.4, 0.5) is 20.4 Å². The van der Waals surface area contributed by atoms with Gasteiger partial charge in [0.05, 0.1) is 24.9 Å². The molecular formula is C16H18F2N8O2. The second kappa shape index (κ2) is 6.69. The Labute approximate surface area is 157 Å². The van der Waals surface area contributed by atoms with Crippen LogP contribution in [0.1, 0.15) is 20.3 Å². The summed E-state index contributed by atoms with van der Waals surface area (Å²) in [6, 6.07) is 1.28. The summed E-state index contributed by atoms with van der Waals surface area (Å²) in [5.74, 6) is 0.190. The summed E-state index contributed by atoms with van der Waals surface area (Å²) >= 11 is 0. The number of hydrogen-bond donors (Lipinski definition) is 3. The first kappa shape index (κ1) is 18.1. The highest BCUT2D eigenvalue weighted by Gasteiger charge is 2.37. The van der Waals surface area contributed by atoms with Crippen LogP contribution in [-0.4, -0.2) is 48.0 Å². The fourth-order valence-corrected chi connectivity index (χ4v) is 3.25. The average Bonchev–Trinajstić information content (AvgIpc) is 3.26. The minimum atomic E-state index is -2.95. The van der Waals surface area contributed by atoms with Gasteiger partial charge in [-0.25, -0.2) is 19.7 Å². The minimum absolute atomic E-state index is 0.0148. The molecule has 0 radical (unpaired) electrons. The van der Waals surface area contributed by atoms with Crippen molar-refractivity contribution in [1.82, 2.24) is 35.3 Å². The van der Waals surface area contributed by atoms with Gasteiger partial charge in [0.2, 0.25) is 11.8 Å². The summed E-state index contributed by atoms with van der Waals surface area (Å²) in [4.78, 5) is 20.9. The number of ether oxygens (including phenoxy) is 1. The average molecular weight is 392 g/mol. The molecule has 0 aliphatic carbocycles. The van der Waals surface area contributed by atoms with Crippen LogP contribution in [-0.2, 0) is 11.3 Å². The molecule has 1 atom stereocenters. The normalized spacial score (nSPS) is 18.6. The molecule has 1 aliphatic rings. The molecule has 0 unspecified atom stereocenters. The maximum absolute atomic E-state index is 12.2. The Hall–Kier alpha value is -3.31. The van der Waals surface area contributed by atoms with E-state index in [-0.39, 0.29) is 29.1 Å². The minimum Gasteiger partial charge on any atom is -0.417 e. The number of alkyl halides is 2.